The smallest absolute Gasteiger partial charge is 0.253 e. The summed E-state index contributed by atoms with van der Waals surface area (Å²) >= 11 is 6.84. The SMILES string of the molecule is CSCC[C@H](NC(=O)c1ccccc1Br)C(=O)N1CCc2sccc2C1. The third kappa shape index (κ3) is 4.50. The van der Waals surface area contributed by atoms with E-state index >= 15 is 0 Å². The number of hydrogen-bond acceptors (Lipinski definition) is 4. The van der Waals surface area contributed by atoms with Gasteiger partial charge >= 0.3 is 0 Å². The van der Waals surface area contributed by atoms with Gasteiger partial charge in [0.1, 0.15) is 6.04 Å². The van der Waals surface area contributed by atoms with Gasteiger partial charge in [-0.15, -0.1) is 11.3 Å². The summed E-state index contributed by atoms with van der Waals surface area (Å²) in [5.74, 6) is 0.617. The molecule has 1 N–H and O–H groups in total. The van der Waals surface area contributed by atoms with Gasteiger partial charge in [0.15, 0.2) is 0 Å². The number of rotatable bonds is 6. The average molecular weight is 453 g/mol. The molecule has 2 aromatic rings. The first-order valence-electron chi connectivity index (χ1n) is 8.48. The Morgan fingerprint density at radius 1 is 1.35 bits per heavy atom. The highest BCUT2D eigenvalue weighted by Crippen LogP contribution is 2.25. The molecule has 1 aliphatic heterocycles. The number of halogens is 1. The van der Waals surface area contributed by atoms with E-state index in [0.717, 1.165) is 16.6 Å². The number of benzene rings is 1. The summed E-state index contributed by atoms with van der Waals surface area (Å²) < 4.78 is 0.731. The summed E-state index contributed by atoms with van der Waals surface area (Å²) in [6, 6.07) is 8.87. The largest absolute Gasteiger partial charge is 0.340 e. The van der Waals surface area contributed by atoms with Crippen LogP contribution in [-0.2, 0) is 17.8 Å². The minimum absolute atomic E-state index is 0.0105. The Bertz CT molecular complexity index is 793. The van der Waals surface area contributed by atoms with Crippen LogP contribution in [0.1, 0.15) is 27.2 Å². The fraction of sp³-hybridized carbons (Fsp3) is 0.368. The van der Waals surface area contributed by atoms with E-state index in [2.05, 4.69) is 32.7 Å². The van der Waals surface area contributed by atoms with Crippen molar-refractivity contribution in [1.82, 2.24) is 10.2 Å². The zero-order valence-corrected chi connectivity index (χ0v) is 17.8. The molecule has 138 valence electrons. The quantitative estimate of drug-likeness (QED) is 0.721. The molecule has 3 rings (SSSR count). The lowest BCUT2D eigenvalue weighted by atomic mass is 10.1. The zero-order valence-electron chi connectivity index (χ0n) is 14.5. The predicted molar refractivity (Wildman–Crippen MR) is 112 cm³/mol. The second kappa shape index (κ2) is 9.06. The lowest BCUT2D eigenvalue weighted by molar-refractivity contribution is -0.134. The predicted octanol–water partition coefficient (Wildman–Crippen LogP) is 3.95. The minimum atomic E-state index is -0.498. The molecule has 1 atom stereocenters. The number of fused-ring (bicyclic) bond motifs is 1. The molecule has 0 radical (unpaired) electrons. The maximum atomic E-state index is 13.1. The minimum Gasteiger partial charge on any atom is -0.340 e. The molecule has 2 heterocycles. The maximum Gasteiger partial charge on any atom is 0.253 e. The molecule has 0 unspecified atom stereocenters. The standard InChI is InChI=1S/C19H21BrN2O2S2/c1-25-10-8-16(21-18(23)14-4-2-3-5-15(14)20)19(24)22-9-6-17-13(12-22)7-11-26-17/h2-5,7,11,16H,6,8-10,12H2,1H3,(H,21,23)/t16-/m0/s1. The van der Waals surface area contributed by atoms with Crippen molar-refractivity contribution < 1.29 is 9.59 Å². The van der Waals surface area contributed by atoms with Crippen LogP contribution in [0.3, 0.4) is 0 Å². The van der Waals surface area contributed by atoms with Gasteiger partial charge < -0.3 is 10.2 Å². The van der Waals surface area contributed by atoms with Gasteiger partial charge in [0.25, 0.3) is 5.91 Å². The van der Waals surface area contributed by atoms with Crippen LogP contribution in [0.25, 0.3) is 0 Å². The molecule has 1 aromatic carbocycles. The highest BCUT2D eigenvalue weighted by atomic mass is 79.9. The van der Waals surface area contributed by atoms with Gasteiger partial charge in [-0.3, -0.25) is 9.59 Å². The van der Waals surface area contributed by atoms with Gasteiger partial charge in [-0.25, -0.2) is 0 Å². The third-order valence-corrected chi connectivity index (χ3v) is 6.81. The van der Waals surface area contributed by atoms with Gasteiger partial charge in [0.05, 0.1) is 5.56 Å². The lowest BCUT2D eigenvalue weighted by Crippen LogP contribution is -2.50. The summed E-state index contributed by atoms with van der Waals surface area (Å²) in [7, 11) is 0. The first kappa shape index (κ1) is 19.5. The van der Waals surface area contributed by atoms with Crippen molar-refractivity contribution in [2.45, 2.75) is 25.4 Å². The molecule has 1 aliphatic rings. The fourth-order valence-corrected chi connectivity index (χ4v) is 4.86. The highest BCUT2D eigenvalue weighted by Gasteiger charge is 2.29. The van der Waals surface area contributed by atoms with Crippen molar-refractivity contribution in [2.24, 2.45) is 0 Å². The van der Waals surface area contributed by atoms with Crippen LogP contribution in [-0.4, -0.2) is 41.3 Å². The van der Waals surface area contributed by atoms with Crippen LogP contribution in [0.15, 0.2) is 40.2 Å². The van der Waals surface area contributed by atoms with Crippen molar-refractivity contribution in [2.75, 3.05) is 18.6 Å². The van der Waals surface area contributed by atoms with E-state index in [-0.39, 0.29) is 11.8 Å². The average Bonchev–Trinajstić information content (AvgIpc) is 3.12. The number of nitrogens with zero attached hydrogens (tertiary/aromatic N) is 1. The number of hydrogen-bond donors (Lipinski definition) is 1. The number of thiophene rings is 1. The van der Waals surface area contributed by atoms with Crippen molar-refractivity contribution in [3.05, 3.63) is 56.2 Å². The Labute approximate surface area is 170 Å². The Balaban J connectivity index is 1.72. The van der Waals surface area contributed by atoms with E-state index in [9.17, 15) is 9.59 Å². The van der Waals surface area contributed by atoms with Crippen LogP contribution in [0.2, 0.25) is 0 Å². The molecule has 0 aliphatic carbocycles. The van der Waals surface area contributed by atoms with Crippen molar-refractivity contribution in [1.29, 1.82) is 0 Å². The van der Waals surface area contributed by atoms with Gasteiger partial charge in [-0.1, -0.05) is 12.1 Å². The Hall–Kier alpha value is -1.31. The Morgan fingerprint density at radius 3 is 2.92 bits per heavy atom. The molecular formula is C19H21BrN2O2S2. The number of nitrogens with one attached hydrogen (secondary N) is 1. The van der Waals surface area contributed by atoms with E-state index in [1.807, 2.05) is 29.4 Å². The molecule has 0 saturated heterocycles. The van der Waals surface area contributed by atoms with Crippen LogP contribution < -0.4 is 5.32 Å². The molecule has 0 bridgehead atoms. The van der Waals surface area contributed by atoms with Gasteiger partial charge in [-0.2, -0.15) is 11.8 Å². The van der Waals surface area contributed by atoms with Crippen LogP contribution >= 0.6 is 39.0 Å². The fourth-order valence-electron chi connectivity index (χ4n) is 3.03. The zero-order chi connectivity index (χ0) is 18.5. The number of thioether (sulfide) groups is 1. The van der Waals surface area contributed by atoms with Crippen molar-refractivity contribution in [3.63, 3.8) is 0 Å². The first-order chi connectivity index (χ1) is 12.6. The topological polar surface area (TPSA) is 49.4 Å². The van der Waals surface area contributed by atoms with Gasteiger partial charge in [0.2, 0.25) is 5.91 Å². The van der Waals surface area contributed by atoms with E-state index in [1.165, 1.54) is 10.4 Å². The number of carbonyl (C=O) groups is 2. The highest BCUT2D eigenvalue weighted by molar-refractivity contribution is 9.10. The summed E-state index contributed by atoms with van der Waals surface area (Å²) in [4.78, 5) is 29.0. The summed E-state index contributed by atoms with van der Waals surface area (Å²) in [5.41, 5.74) is 1.78. The molecule has 0 fully saturated rings. The molecule has 26 heavy (non-hydrogen) atoms. The Morgan fingerprint density at radius 2 is 2.15 bits per heavy atom. The van der Waals surface area contributed by atoms with Crippen LogP contribution in [0.5, 0.6) is 0 Å². The number of carbonyl (C=O) groups excluding carboxylic acids is 2. The van der Waals surface area contributed by atoms with E-state index in [4.69, 9.17) is 0 Å². The molecule has 4 nitrogen and oxygen atoms in total. The molecular weight excluding hydrogens is 432 g/mol. The lowest BCUT2D eigenvalue weighted by Gasteiger charge is -2.31. The first-order valence-corrected chi connectivity index (χ1v) is 11.5. The van der Waals surface area contributed by atoms with E-state index in [1.54, 1.807) is 29.2 Å². The maximum absolute atomic E-state index is 13.1. The molecule has 0 spiro atoms. The normalized spacial score (nSPS) is 14.6. The molecule has 1 aromatic heterocycles. The molecule has 0 saturated carbocycles. The van der Waals surface area contributed by atoms with Crippen LogP contribution in [0, 0.1) is 0 Å². The van der Waals surface area contributed by atoms with Crippen molar-refractivity contribution in [3.8, 4) is 0 Å². The number of amides is 2. The summed E-state index contributed by atoms with van der Waals surface area (Å²) in [5, 5.41) is 5.03. The van der Waals surface area contributed by atoms with Crippen LogP contribution in [0.4, 0.5) is 0 Å². The monoisotopic (exact) mass is 452 g/mol. The van der Waals surface area contributed by atoms with Crippen molar-refractivity contribution >= 4 is 50.8 Å². The van der Waals surface area contributed by atoms with E-state index in [0.29, 0.717) is 25.1 Å². The summed E-state index contributed by atoms with van der Waals surface area (Å²) in [6.07, 6.45) is 3.53. The molecule has 2 amide bonds. The third-order valence-electron chi connectivity index (χ3n) is 4.45. The van der Waals surface area contributed by atoms with Gasteiger partial charge in [-0.05, 0) is 69.9 Å². The summed E-state index contributed by atoms with van der Waals surface area (Å²) in [6.45, 7) is 1.35. The second-order valence-electron chi connectivity index (χ2n) is 6.17. The van der Waals surface area contributed by atoms with Gasteiger partial charge in [0, 0.05) is 22.4 Å². The second-order valence-corrected chi connectivity index (χ2v) is 9.01. The molecule has 7 heteroatoms. The van der Waals surface area contributed by atoms with E-state index < -0.39 is 6.04 Å². The Kier molecular flexibility index (Phi) is 6.78.